The first-order valence-electron chi connectivity index (χ1n) is 10.4. The number of benzene rings is 1. The molecule has 0 saturated carbocycles. The van der Waals surface area contributed by atoms with Gasteiger partial charge in [0.25, 0.3) is 0 Å². The van der Waals surface area contributed by atoms with Crippen LogP contribution in [0.4, 0.5) is 0 Å². The summed E-state index contributed by atoms with van der Waals surface area (Å²) in [6.45, 7) is 11.0. The predicted octanol–water partition coefficient (Wildman–Crippen LogP) is 4.51. The Hall–Kier alpha value is -1.73. The topological polar surface area (TPSA) is 71.3 Å². The number of hydrogen-bond acceptors (Lipinski definition) is 5. The second kappa shape index (κ2) is 9.85. The Morgan fingerprint density at radius 1 is 1.17 bits per heavy atom. The molecule has 1 aromatic carbocycles. The number of piperidine rings is 1. The van der Waals surface area contributed by atoms with E-state index in [1.165, 1.54) is 0 Å². The lowest BCUT2D eigenvalue weighted by molar-refractivity contribution is -0.127. The highest BCUT2D eigenvalue weighted by atomic mass is 79.9. The molecule has 2 heterocycles. The number of aromatic nitrogens is 2. The molecule has 1 aliphatic rings. The van der Waals surface area contributed by atoms with E-state index in [0.717, 1.165) is 36.0 Å². The van der Waals surface area contributed by atoms with Crippen molar-refractivity contribution >= 4 is 21.8 Å². The van der Waals surface area contributed by atoms with E-state index in [2.05, 4.69) is 64.0 Å². The Balaban J connectivity index is 1.50. The van der Waals surface area contributed by atoms with E-state index in [1.807, 2.05) is 24.3 Å². The summed E-state index contributed by atoms with van der Waals surface area (Å²) in [6.07, 6.45) is 1.73. The molecule has 2 aromatic rings. The van der Waals surface area contributed by atoms with Gasteiger partial charge in [-0.05, 0) is 62.0 Å². The summed E-state index contributed by atoms with van der Waals surface area (Å²) >= 11 is 3.43. The van der Waals surface area contributed by atoms with Gasteiger partial charge in [0.1, 0.15) is 0 Å². The fourth-order valence-electron chi connectivity index (χ4n) is 3.97. The van der Waals surface area contributed by atoms with Crippen molar-refractivity contribution in [2.24, 2.45) is 17.8 Å². The van der Waals surface area contributed by atoms with Crippen molar-refractivity contribution in [2.75, 3.05) is 13.1 Å². The van der Waals surface area contributed by atoms with Crippen molar-refractivity contribution in [2.45, 2.75) is 53.1 Å². The zero-order valence-corrected chi connectivity index (χ0v) is 19.3. The fourth-order valence-corrected chi connectivity index (χ4v) is 4.23. The van der Waals surface area contributed by atoms with Gasteiger partial charge in [0.15, 0.2) is 0 Å². The molecule has 0 bridgehead atoms. The van der Waals surface area contributed by atoms with Gasteiger partial charge in [0.2, 0.25) is 17.6 Å². The highest BCUT2D eigenvalue weighted by molar-refractivity contribution is 9.10. The monoisotopic (exact) mass is 462 g/mol. The third kappa shape index (κ3) is 5.89. The minimum absolute atomic E-state index is 0.0901. The molecule has 1 N–H and O–H groups in total. The van der Waals surface area contributed by atoms with Gasteiger partial charge in [-0.25, -0.2) is 0 Å². The van der Waals surface area contributed by atoms with Crippen LogP contribution in [-0.2, 0) is 11.3 Å². The summed E-state index contributed by atoms with van der Waals surface area (Å²) in [6, 6.07) is 8.08. The van der Waals surface area contributed by atoms with Crippen LogP contribution in [-0.4, -0.2) is 40.1 Å². The Morgan fingerprint density at radius 2 is 1.79 bits per heavy atom. The molecule has 0 radical (unpaired) electrons. The first-order valence-corrected chi connectivity index (χ1v) is 11.2. The molecular formula is C22H31BrN4O2. The van der Waals surface area contributed by atoms with Crippen LogP contribution in [0.1, 0.15) is 46.4 Å². The van der Waals surface area contributed by atoms with Crippen molar-refractivity contribution in [3.8, 4) is 11.4 Å². The number of nitrogens with one attached hydrogen (secondary N) is 1. The van der Waals surface area contributed by atoms with Gasteiger partial charge >= 0.3 is 0 Å². The van der Waals surface area contributed by atoms with E-state index >= 15 is 0 Å². The molecule has 0 spiro atoms. The smallest absolute Gasteiger partial charge is 0.241 e. The van der Waals surface area contributed by atoms with Crippen LogP contribution < -0.4 is 5.32 Å². The normalized spacial score (nSPS) is 16.1. The Kier molecular flexibility index (Phi) is 7.46. The van der Waals surface area contributed by atoms with Crippen LogP contribution in [0.25, 0.3) is 11.4 Å². The first-order chi connectivity index (χ1) is 13.8. The molecular weight excluding hydrogens is 432 g/mol. The van der Waals surface area contributed by atoms with Crippen LogP contribution in [0, 0.1) is 17.8 Å². The summed E-state index contributed by atoms with van der Waals surface area (Å²) in [7, 11) is 0. The van der Waals surface area contributed by atoms with Gasteiger partial charge in [-0.3, -0.25) is 9.69 Å². The highest BCUT2D eigenvalue weighted by Gasteiger charge is 2.28. The Labute approximate surface area is 181 Å². The number of carbonyl (C=O) groups excluding carboxylic acids is 1. The maximum absolute atomic E-state index is 12.7. The number of amides is 1. The summed E-state index contributed by atoms with van der Waals surface area (Å²) < 4.78 is 6.46. The SMILES string of the molecule is CC(C)C(NC(=O)C1CCN(Cc2nc(-c3ccc(Br)cc3)no2)CC1)C(C)C. The Morgan fingerprint density at radius 3 is 2.38 bits per heavy atom. The van der Waals surface area contributed by atoms with E-state index in [4.69, 9.17) is 4.52 Å². The van der Waals surface area contributed by atoms with Gasteiger partial charge in [0, 0.05) is 22.0 Å². The second-order valence-electron chi connectivity index (χ2n) is 8.59. The third-order valence-corrected chi connectivity index (χ3v) is 6.16. The van der Waals surface area contributed by atoms with Gasteiger partial charge in [-0.2, -0.15) is 4.98 Å². The molecule has 1 aromatic heterocycles. The summed E-state index contributed by atoms with van der Waals surface area (Å²) in [4.78, 5) is 19.5. The average molecular weight is 463 g/mol. The van der Waals surface area contributed by atoms with Crippen LogP contribution in [0.15, 0.2) is 33.3 Å². The number of carbonyl (C=O) groups is 1. The molecule has 1 amide bonds. The van der Waals surface area contributed by atoms with E-state index in [0.29, 0.717) is 30.1 Å². The average Bonchev–Trinajstić information content (AvgIpc) is 3.15. The molecule has 1 saturated heterocycles. The van der Waals surface area contributed by atoms with Crippen molar-refractivity contribution in [1.29, 1.82) is 0 Å². The quantitative estimate of drug-likeness (QED) is 0.655. The van der Waals surface area contributed by atoms with Gasteiger partial charge in [-0.1, -0.05) is 48.8 Å². The lowest BCUT2D eigenvalue weighted by Gasteiger charge is -2.33. The zero-order chi connectivity index (χ0) is 21.0. The first kappa shape index (κ1) is 22.0. The minimum atomic E-state index is 0.0901. The van der Waals surface area contributed by atoms with E-state index in [1.54, 1.807) is 0 Å². The van der Waals surface area contributed by atoms with Crippen molar-refractivity contribution in [1.82, 2.24) is 20.4 Å². The molecule has 0 aliphatic carbocycles. The van der Waals surface area contributed by atoms with E-state index in [-0.39, 0.29) is 17.9 Å². The summed E-state index contributed by atoms with van der Waals surface area (Å²) in [5, 5.41) is 7.37. The molecule has 1 fully saturated rings. The zero-order valence-electron chi connectivity index (χ0n) is 17.7. The number of halogens is 1. The standard InChI is InChI=1S/C22H31BrN4O2/c1-14(2)20(15(3)4)25-22(28)17-9-11-27(12-10-17)13-19-24-21(26-29-19)16-5-7-18(23)8-6-16/h5-8,14-15,17,20H,9-13H2,1-4H3,(H,25,28). The molecule has 3 rings (SSSR count). The molecule has 158 valence electrons. The molecule has 7 heteroatoms. The van der Waals surface area contributed by atoms with Crippen molar-refractivity contribution in [3.63, 3.8) is 0 Å². The lowest BCUT2D eigenvalue weighted by atomic mass is 9.90. The fraction of sp³-hybridized carbons (Fsp3) is 0.591. The van der Waals surface area contributed by atoms with Crippen molar-refractivity contribution < 1.29 is 9.32 Å². The number of likely N-dealkylation sites (tertiary alicyclic amines) is 1. The van der Waals surface area contributed by atoms with E-state index < -0.39 is 0 Å². The minimum Gasteiger partial charge on any atom is -0.353 e. The molecule has 0 unspecified atom stereocenters. The number of rotatable bonds is 7. The molecule has 0 atom stereocenters. The van der Waals surface area contributed by atoms with Gasteiger partial charge < -0.3 is 9.84 Å². The van der Waals surface area contributed by atoms with Gasteiger partial charge in [0.05, 0.1) is 6.54 Å². The van der Waals surface area contributed by atoms with E-state index in [9.17, 15) is 4.79 Å². The van der Waals surface area contributed by atoms with Crippen LogP contribution in [0.5, 0.6) is 0 Å². The summed E-state index contributed by atoms with van der Waals surface area (Å²) in [5.41, 5.74) is 0.934. The van der Waals surface area contributed by atoms with Crippen LogP contribution >= 0.6 is 15.9 Å². The molecule has 29 heavy (non-hydrogen) atoms. The van der Waals surface area contributed by atoms with Gasteiger partial charge in [-0.15, -0.1) is 0 Å². The highest BCUT2D eigenvalue weighted by Crippen LogP contribution is 2.22. The maximum atomic E-state index is 12.7. The number of nitrogens with zero attached hydrogens (tertiary/aromatic N) is 3. The maximum Gasteiger partial charge on any atom is 0.241 e. The van der Waals surface area contributed by atoms with Crippen molar-refractivity contribution in [3.05, 3.63) is 34.6 Å². The third-order valence-electron chi connectivity index (χ3n) is 5.63. The Bertz CT molecular complexity index is 787. The number of hydrogen-bond donors (Lipinski definition) is 1. The second-order valence-corrected chi connectivity index (χ2v) is 9.51. The molecule has 6 nitrogen and oxygen atoms in total. The summed E-state index contributed by atoms with van der Waals surface area (Å²) in [5.74, 6) is 2.40. The lowest BCUT2D eigenvalue weighted by Crippen LogP contribution is -2.47. The molecule has 1 aliphatic heterocycles. The predicted molar refractivity (Wildman–Crippen MR) is 117 cm³/mol. The van der Waals surface area contributed by atoms with Crippen LogP contribution in [0.3, 0.4) is 0 Å². The largest absolute Gasteiger partial charge is 0.353 e. The van der Waals surface area contributed by atoms with Crippen LogP contribution in [0.2, 0.25) is 0 Å².